The van der Waals surface area contributed by atoms with Crippen molar-refractivity contribution < 1.29 is 24.1 Å². The number of carbonyl (C=O) groups is 1. The molecule has 0 heterocycles. The molecule has 0 atom stereocenters. The summed E-state index contributed by atoms with van der Waals surface area (Å²) >= 11 is 0. The molecular formula is C19H20N4O7. The molecule has 0 aliphatic heterocycles. The number of hydrogen-bond donors (Lipinski definition) is 1. The van der Waals surface area contributed by atoms with Crippen LogP contribution in [0, 0.1) is 27.2 Å². The van der Waals surface area contributed by atoms with E-state index < -0.39 is 33.8 Å². The summed E-state index contributed by atoms with van der Waals surface area (Å²) in [6.07, 6.45) is 0. The first kappa shape index (κ1) is 22.3. The van der Waals surface area contributed by atoms with Crippen LogP contribution in [0.4, 0.5) is 17.1 Å². The van der Waals surface area contributed by atoms with Gasteiger partial charge in [-0.2, -0.15) is 5.10 Å². The molecule has 1 N–H and O–H groups in total. The van der Waals surface area contributed by atoms with Gasteiger partial charge in [-0.3, -0.25) is 25.7 Å². The summed E-state index contributed by atoms with van der Waals surface area (Å²) in [5.41, 5.74) is 3.55. The highest BCUT2D eigenvalue weighted by molar-refractivity contribution is 6.00. The lowest BCUT2D eigenvalue weighted by Crippen LogP contribution is -2.15. The van der Waals surface area contributed by atoms with Gasteiger partial charge in [0.1, 0.15) is 11.8 Å². The van der Waals surface area contributed by atoms with Crippen molar-refractivity contribution in [2.45, 2.75) is 20.8 Å². The molecule has 158 valence electrons. The van der Waals surface area contributed by atoms with Crippen LogP contribution >= 0.6 is 0 Å². The summed E-state index contributed by atoms with van der Waals surface area (Å²) in [6, 6.07) is 9.24. The maximum Gasteiger partial charge on any atom is 0.344 e. The third kappa shape index (κ3) is 5.50. The third-order valence-corrected chi connectivity index (χ3v) is 4.00. The highest BCUT2D eigenvalue weighted by Crippen LogP contribution is 2.37. The van der Waals surface area contributed by atoms with Gasteiger partial charge in [-0.05, 0) is 26.3 Å². The van der Waals surface area contributed by atoms with E-state index in [2.05, 4.69) is 10.5 Å². The first-order valence-corrected chi connectivity index (χ1v) is 8.86. The van der Waals surface area contributed by atoms with Crippen LogP contribution in [0.5, 0.6) is 5.75 Å². The zero-order chi connectivity index (χ0) is 22.3. The van der Waals surface area contributed by atoms with Gasteiger partial charge in [0.2, 0.25) is 0 Å². The quantitative estimate of drug-likeness (QED) is 0.282. The number of rotatable bonds is 9. The Bertz CT molecular complexity index is 1000. The van der Waals surface area contributed by atoms with Crippen molar-refractivity contribution in [3.05, 3.63) is 67.8 Å². The Labute approximate surface area is 171 Å². The second-order valence-corrected chi connectivity index (χ2v) is 6.07. The van der Waals surface area contributed by atoms with Crippen LogP contribution < -0.4 is 10.2 Å². The van der Waals surface area contributed by atoms with Crippen LogP contribution in [-0.2, 0) is 9.53 Å². The van der Waals surface area contributed by atoms with Crippen molar-refractivity contribution in [2.24, 2.45) is 5.10 Å². The summed E-state index contributed by atoms with van der Waals surface area (Å²) in [4.78, 5) is 32.6. The smallest absolute Gasteiger partial charge is 0.344 e. The molecule has 0 bridgehead atoms. The first-order chi connectivity index (χ1) is 14.2. The van der Waals surface area contributed by atoms with Gasteiger partial charge in [0.15, 0.2) is 12.4 Å². The van der Waals surface area contributed by atoms with E-state index in [4.69, 9.17) is 9.47 Å². The van der Waals surface area contributed by atoms with E-state index in [1.807, 2.05) is 31.2 Å². The maximum absolute atomic E-state index is 11.5. The topological polar surface area (TPSA) is 146 Å². The molecule has 11 heteroatoms. The van der Waals surface area contributed by atoms with Crippen molar-refractivity contribution in [3.8, 4) is 5.75 Å². The zero-order valence-corrected chi connectivity index (χ0v) is 16.6. The minimum Gasteiger partial charge on any atom is -0.475 e. The molecule has 0 aliphatic carbocycles. The molecular weight excluding hydrogens is 396 g/mol. The number of anilines is 1. The van der Waals surface area contributed by atoms with Crippen LogP contribution in [0.15, 0.2) is 41.5 Å². The molecule has 30 heavy (non-hydrogen) atoms. The van der Waals surface area contributed by atoms with Crippen molar-refractivity contribution in [1.29, 1.82) is 0 Å². The largest absolute Gasteiger partial charge is 0.475 e. The number of esters is 1. The molecule has 0 aliphatic rings. The molecule has 0 saturated heterocycles. The number of ether oxygens (including phenoxy) is 2. The Balaban J connectivity index is 2.41. The van der Waals surface area contributed by atoms with E-state index in [0.29, 0.717) is 5.71 Å². The Morgan fingerprint density at radius 3 is 2.40 bits per heavy atom. The number of nitrogens with zero attached hydrogens (tertiary/aromatic N) is 3. The number of benzene rings is 2. The van der Waals surface area contributed by atoms with Crippen molar-refractivity contribution >= 4 is 28.7 Å². The molecule has 2 aromatic carbocycles. The Hall–Kier alpha value is -4.02. The minimum atomic E-state index is -0.834. The maximum atomic E-state index is 11.5. The van der Waals surface area contributed by atoms with Gasteiger partial charge in [0, 0.05) is 11.6 Å². The molecule has 0 aromatic heterocycles. The highest BCUT2D eigenvalue weighted by atomic mass is 16.6. The summed E-state index contributed by atoms with van der Waals surface area (Å²) in [7, 11) is 0. The normalized spacial score (nSPS) is 11.0. The summed E-state index contributed by atoms with van der Waals surface area (Å²) < 4.78 is 9.89. The average molecular weight is 416 g/mol. The Morgan fingerprint density at radius 2 is 1.80 bits per heavy atom. The lowest BCUT2D eigenvalue weighted by molar-refractivity contribution is -0.394. The molecule has 0 amide bonds. The van der Waals surface area contributed by atoms with E-state index >= 15 is 0 Å². The summed E-state index contributed by atoms with van der Waals surface area (Å²) in [6.45, 7) is 4.74. The van der Waals surface area contributed by atoms with Crippen LogP contribution in [0.2, 0.25) is 0 Å². The number of hydrazone groups is 1. The van der Waals surface area contributed by atoms with E-state index in [1.165, 1.54) is 0 Å². The lowest BCUT2D eigenvalue weighted by atomic mass is 10.1. The third-order valence-electron chi connectivity index (χ3n) is 4.00. The zero-order valence-electron chi connectivity index (χ0n) is 16.6. The van der Waals surface area contributed by atoms with Crippen LogP contribution in [0.1, 0.15) is 25.0 Å². The van der Waals surface area contributed by atoms with E-state index in [-0.39, 0.29) is 18.0 Å². The molecule has 2 aromatic rings. The molecule has 2 rings (SSSR count). The number of nitrogens with one attached hydrogen (secondary N) is 1. The second-order valence-electron chi connectivity index (χ2n) is 6.07. The van der Waals surface area contributed by atoms with Gasteiger partial charge >= 0.3 is 17.3 Å². The fourth-order valence-corrected chi connectivity index (χ4v) is 2.58. The minimum absolute atomic E-state index is 0.115. The standard InChI is InChI=1S/C19H20N4O7/c1-4-29-19(24)11-30-18-9-15(16(22(25)26)10-17(18)23(27)28)21-20-13(3)14-8-6-5-7-12(14)2/h5-10,21H,4,11H2,1-3H3/b20-13-. The van der Waals surface area contributed by atoms with Gasteiger partial charge < -0.3 is 9.47 Å². The van der Waals surface area contributed by atoms with Gasteiger partial charge in [0.25, 0.3) is 0 Å². The number of nitro benzene ring substituents is 2. The van der Waals surface area contributed by atoms with E-state index in [1.54, 1.807) is 13.8 Å². The van der Waals surface area contributed by atoms with Crippen molar-refractivity contribution in [2.75, 3.05) is 18.6 Å². The first-order valence-electron chi connectivity index (χ1n) is 8.86. The molecule has 0 fully saturated rings. The number of aryl methyl sites for hydroxylation is 1. The Morgan fingerprint density at radius 1 is 1.13 bits per heavy atom. The van der Waals surface area contributed by atoms with Gasteiger partial charge in [0.05, 0.1) is 22.2 Å². The lowest BCUT2D eigenvalue weighted by Gasteiger charge is -2.10. The fraction of sp³-hybridized carbons (Fsp3) is 0.263. The molecule has 0 radical (unpaired) electrons. The number of hydrogen-bond acceptors (Lipinski definition) is 9. The highest BCUT2D eigenvalue weighted by Gasteiger charge is 2.26. The van der Waals surface area contributed by atoms with E-state index in [9.17, 15) is 25.0 Å². The molecule has 0 saturated carbocycles. The molecule has 0 unspecified atom stereocenters. The predicted molar refractivity (Wildman–Crippen MR) is 109 cm³/mol. The molecule has 11 nitrogen and oxygen atoms in total. The molecule has 0 spiro atoms. The van der Waals surface area contributed by atoms with Crippen LogP contribution in [-0.4, -0.2) is 34.7 Å². The summed E-state index contributed by atoms with van der Waals surface area (Å²) in [5.74, 6) is -1.06. The van der Waals surface area contributed by atoms with Crippen molar-refractivity contribution in [1.82, 2.24) is 0 Å². The summed E-state index contributed by atoms with van der Waals surface area (Å²) in [5, 5.41) is 26.9. The average Bonchev–Trinajstić information content (AvgIpc) is 2.70. The second kappa shape index (κ2) is 9.96. The van der Waals surface area contributed by atoms with E-state index in [0.717, 1.165) is 23.3 Å². The predicted octanol–water partition coefficient (Wildman–Crippen LogP) is 3.59. The van der Waals surface area contributed by atoms with Gasteiger partial charge in [-0.15, -0.1) is 0 Å². The van der Waals surface area contributed by atoms with Gasteiger partial charge in [-0.25, -0.2) is 4.79 Å². The SMILES string of the molecule is CCOC(=O)COc1cc(N/N=C(/C)c2ccccc2C)c([N+](=O)[O-])cc1[N+](=O)[O-]. The van der Waals surface area contributed by atoms with Crippen LogP contribution in [0.3, 0.4) is 0 Å². The van der Waals surface area contributed by atoms with Gasteiger partial charge in [-0.1, -0.05) is 24.3 Å². The number of nitro groups is 2. The number of carbonyl (C=O) groups excluding carboxylic acids is 1. The van der Waals surface area contributed by atoms with Crippen LogP contribution in [0.25, 0.3) is 0 Å². The Kier molecular flexibility index (Phi) is 7.39. The monoisotopic (exact) mass is 416 g/mol. The van der Waals surface area contributed by atoms with Crippen molar-refractivity contribution in [3.63, 3.8) is 0 Å². The fourth-order valence-electron chi connectivity index (χ4n) is 2.58.